The number of carbonyl (C=O) groups excluding carboxylic acids is 2. The molecule has 0 atom stereocenters. The quantitative estimate of drug-likeness (QED) is 0.306. The molecule has 8 heteroatoms. The summed E-state index contributed by atoms with van der Waals surface area (Å²) in [7, 11) is 0. The smallest absolute Gasteiger partial charge is 0.340 e. The van der Waals surface area contributed by atoms with Crippen LogP contribution in [0.2, 0.25) is 5.02 Å². The third-order valence-electron chi connectivity index (χ3n) is 5.53. The molecular weight excluding hydrogens is 471 g/mol. The molecule has 1 heterocycles. The van der Waals surface area contributed by atoms with E-state index in [-0.39, 0.29) is 18.2 Å². The summed E-state index contributed by atoms with van der Waals surface area (Å²) in [5, 5.41) is 3.20. The minimum Gasteiger partial charge on any atom is -0.484 e. The highest BCUT2D eigenvalue weighted by Crippen LogP contribution is 2.31. The van der Waals surface area contributed by atoms with Crippen molar-refractivity contribution in [2.75, 3.05) is 18.5 Å². The zero-order valence-electron chi connectivity index (χ0n) is 19.3. The maximum atomic E-state index is 13.3. The van der Waals surface area contributed by atoms with Gasteiger partial charge < -0.3 is 19.4 Å². The van der Waals surface area contributed by atoms with Crippen LogP contribution in [0, 0.1) is 12.7 Å². The molecule has 0 fully saturated rings. The van der Waals surface area contributed by atoms with Gasteiger partial charge in [-0.3, -0.25) is 4.79 Å². The van der Waals surface area contributed by atoms with Crippen molar-refractivity contribution in [3.05, 3.63) is 94.4 Å². The zero-order chi connectivity index (χ0) is 24.9. The van der Waals surface area contributed by atoms with E-state index in [1.807, 2.05) is 43.3 Å². The van der Waals surface area contributed by atoms with E-state index in [9.17, 15) is 14.0 Å². The van der Waals surface area contributed by atoms with Crippen LogP contribution < -0.4 is 10.1 Å². The lowest BCUT2D eigenvalue weighted by molar-refractivity contribution is -0.118. The number of aromatic nitrogens is 1. The molecule has 1 aromatic heterocycles. The van der Waals surface area contributed by atoms with Gasteiger partial charge in [0.05, 0.1) is 17.2 Å². The number of anilines is 1. The van der Waals surface area contributed by atoms with Crippen LogP contribution in [0.4, 0.5) is 10.1 Å². The largest absolute Gasteiger partial charge is 0.484 e. The van der Waals surface area contributed by atoms with Gasteiger partial charge in [0, 0.05) is 28.8 Å². The molecule has 0 saturated carbocycles. The molecule has 4 aromatic rings. The average Bonchev–Trinajstić information content (AvgIpc) is 3.11. The Balaban J connectivity index is 1.59. The van der Waals surface area contributed by atoms with Gasteiger partial charge in [0.2, 0.25) is 0 Å². The van der Waals surface area contributed by atoms with Crippen molar-refractivity contribution in [1.29, 1.82) is 0 Å². The lowest BCUT2D eigenvalue weighted by Gasteiger charge is -2.10. The number of amides is 1. The molecule has 0 radical (unpaired) electrons. The van der Waals surface area contributed by atoms with Gasteiger partial charge in [0.1, 0.15) is 11.6 Å². The van der Waals surface area contributed by atoms with E-state index in [0.717, 1.165) is 16.8 Å². The first-order chi connectivity index (χ1) is 16.9. The second-order valence-corrected chi connectivity index (χ2v) is 8.30. The average molecular weight is 495 g/mol. The van der Waals surface area contributed by atoms with Crippen molar-refractivity contribution in [3.63, 3.8) is 0 Å². The van der Waals surface area contributed by atoms with Gasteiger partial charge in [-0.15, -0.1) is 0 Å². The number of nitrogens with zero attached hydrogens (tertiary/aromatic N) is 1. The first-order valence-electron chi connectivity index (χ1n) is 11.1. The number of carbonyl (C=O) groups is 2. The predicted octanol–water partition coefficient (Wildman–Crippen LogP) is 5.98. The predicted molar refractivity (Wildman–Crippen MR) is 134 cm³/mol. The van der Waals surface area contributed by atoms with Crippen LogP contribution in [0.3, 0.4) is 0 Å². The van der Waals surface area contributed by atoms with Crippen molar-refractivity contribution < 1.29 is 23.5 Å². The van der Waals surface area contributed by atoms with Crippen LogP contribution in [0.5, 0.6) is 5.75 Å². The van der Waals surface area contributed by atoms with Crippen molar-refractivity contribution in [2.45, 2.75) is 20.4 Å². The third-order valence-corrected chi connectivity index (χ3v) is 5.82. The molecule has 0 aliphatic heterocycles. The number of hydrogen-bond acceptors (Lipinski definition) is 4. The number of nitrogens with one attached hydrogen (secondary N) is 1. The molecule has 6 nitrogen and oxygen atoms in total. The van der Waals surface area contributed by atoms with Crippen LogP contribution in [0.15, 0.2) is 66.7 Å². The van der Waals surface area contributed by atoms with Gasteiger partial charge in [-0.2, -0.15) is 0 Å². The highest BCUT2D eigenvalue weighted by atomic mass is 35.5. The zero-order valence-corrected chi connectivity index (χ0v) is 20.1. The Kier molecular flexibility index (Phi) is 7.36. The van der Waals surface area contributed by atoms with Gasteiger partial charge in [-0.25, -0.2) is 9.18 Å². The molecule has 3 aromatic carbocycles. The van der Waals surface area contributed by atoms with E-state index in [1.165, 1.54) is 18.2 Å². The summed E-state index contributed by atoms with van der Waals surface area (Å²) in [6, 6.07) is 19.2. The lowest BCUT2D eigenvalue weighted by Crippen LogP contribution is -2.20. The van der Waals surface area contributed by atoms with E-state index < -0.39 is 17.7 Å². The fraction of sp³-hybridized carbons (Fsp3) is 0.185. The molecule has 1 N–H and O–H groups in total. The number of hydrogen-bond donors (Lipinski definition) is 1. The third kappa shape index (κ3) is 5.46. The van der Waals surface area contributed by atoms with Crippen LogP contribution in [-0.2, 0) is 16.1 Å². The molecule has 4 rings (SSSR count). The SMILES string of the molecule is CCOC(=O)c1c(C)n(Cc2ccccc2)c2ccc(OCC(=O)Nc3ccc(F)c(Cl)c3)cc12. The highest BCUT2D eigenvalue weighted by molar-refractivity contribution is 6.31. The summed E-state index contributed by atoms with van der Waals surface area (Å²) in [6.45, 7) is 4.21. The standard InChI is InChI=1S/C27H24ClFN2O4/c1-3-34-27(33)26-17(2)31(15-18-7-5-4-6-8-18)24-12-10-20(14-21(24)26)35-16-25(32)30-19-9-11-23(29)22(28)13-19/h4-14H,3,15-16H2,1-2H3,(H,30,32). The molecule has 0 aliphatic carbocycles. The van der Waals surface area contributed by atoms with Crippen LogP contribution in [-0.4, -0.2) is 29.7 Å². The molecule has 0 unspecified atom stereocenters. The molecule has 0 bridgehead atoms. The molecular formula is C27H24ClFN2O4. The fourth-order valence-electron chi connectivity index (χ4n) is 3.90. The molecule has 0 spiro atoms. The van der Waals surface area contributed by atoms with Gasteiger partial charge in [0.15, 0.2) is 6.61 Å². The summed E-state index contributed by atoms with van der Waals surface area (Å²) < 4.78 is 26.4. The Labute approximate surface area is 207 Å². The molecule has 0 saturated heterocycles. The normalized spacial score (nSPS) is 10.9. The number of esters is 1. The Hall–Kier alpha value is -3.84. The molecule has 180 valence electrons. The second-order valence-electron chi connectivity index (χ2n) is 7.90. The maximum absolute atomic E-state index is 13.3. The van der Waals surface area contributed by atoms with Crippen LogP contribution in [0.25, 0.3) is 10.9 Å². The van der Waals surface area contributed by atoms with Crippen molar-refractivity contribution >= 4 is 40.1 Å². The van der Waals surface area contributed by atoms with E-state index in [1.54, 1.807) is 19.1 Å². The van der Waals surface area contributed by atoms with E-state index >= 15 is 0 Å². The molecule has 35 heavy (non-hydrogen) atoms. The van der Waals surface area contributed by atoms with Crippen LogP contribution >= 0.6 is 11.6 Å². The van der Waals surface area contributed by atoms with Crippen LogP contribution in [0.1, 0.15) is 28.5 Å². The number of halogens is 2. The second kappa shape index (κ2) is 10.6. The highest BCUT2D eigenvalue weighted by Gasteiger charge is 2.22. The summed E-state index contributed by atoms with van der Waals surface area (Å²) in [6.07, 6.45) is 0. The summed E-state index contributed by atoms with van der Waals surface area (Å²) in [5.74, 6) is -0.991. The lowest BCUT2D eigenvalue weighted by atomic mass is 10.1. The Bertz CT molecular complexity index is 1390. The fourth-order valence-corrected chi connectivity index (χ4v) is 4.08. The molecule has 0 aliphatic rings. The Morgan fingerprint density at radius 1 is 1.06 bits per heavy atom. The summed E-state index contributed by atoms with van der Waals surface area (Å²) in [4.78, 5) is 25.1. The van der Waals surface area contributed by atoms with Gasteiger partial charge in [0.25, 0.3) is 5.91 Å². The van der Waals surface area contributed by atoms with Crippen molar-refractivity contribution in [3.8, 4) is 5.75 Å². The summed E-state index contributed by atoms with van der Waals surface area (Å²) >= 11 is 5.76. The van der Waals surface area contributed by atoms with Gasteiger partial charge >= 0.3 is 5.97 Å². The topological polar surface area (TPSA) is 69.6 Å². The number of rotatable bonds is 8. The number of fused-ring (bicyclic) bond motifs is 1. The van der Waals surface area contributed by atoms with E-state index in [4.69, 9.17) is 21.1 Å². The van der Waals surface area contributed by atoms with Crippen molar-refractivity contribution in [2.24, 2.45) is 0 Å². The first kappa shape index (κ1) is 24.3. The van der Waals surface area contributed by atoms with Gasteiger partial charge in [-0.05, 0) is 55.8 Å². The number of ether oxygens (including phenoxy) is 2. The van der Waals surface area contributed by atoms with Crippen molar-refractivity contribution in [1.82, 2.24) is 4.57 Å². The number of benzene rings is 3. The Morgan fingerprint density at radius 3 is 2.54 bits per heavy atom. The van der Waals surface area contributed by atoms with E-state index in [2.05, 4.69) is 9.88 Å². The minimum absolute atomic E-state index is 0.0870. The van der Waals surface area contributed by atoms with Gasteiger partial charge in [-0.1, -0.05) is 41.9 Å². The first-order valence-corrected chi connectivity index (χ1v) is 11.5. The monoisotopic (exact) mass is 494 g/mol. The maximum Gasteiger partial charge on any atom is 0.340 e. The Morgan fingerprint density at radius 2 is 1.83 bits per heavy atom. The summed E-state index contributed by atoms with van der Waals surface area (Å²) in [5.41, 5.74) is 3.56. The van der Waals surface area contributed by atoms with E-state index in [0.29, 0.717) is 28.9 Å². The minimum atomic E-state index is -0.568. The molecule has 1 amide bonds.